The fourth-order valence-electron chi connectivity index (χ4n) is 2.61. The van der Waals surface area contributed by atoms with Gasteiger partial charge in [-0.1, -0.05) is 0 Å². The van der Waals surface area contributed by atoms with Crippen molar-refractivity contribution < 1.29 is 4.74 Å². The topological polar surface area (TPSA) is 65.1 Å². The maximum Gasteiger partial charge on any atom is 0.0927 e. The number of nitrogens with two attached hydrogens (primary N) is 1. The van der Waals surface area contributed by atoms with Gasteiger partial charge in [0.2, 0.25) is 0 Å². The van der Waals surface area contributed by atoms with E-state index in [2.05, 4.69) is 47.2 Å². The molecule has 0 aliphatic carbocycles. The average molecular weight is 317 g/mol. The van der Waals surface area contributed by atoms with Crippen LogP contribution in [-0.4, -0.2) is 22.0 Å². The van der Waals surface area contributed by atoms with Gasteiger partial charge in [-0.15, -0.1) is 0 Å². The van der Waals surface area contributed by atoms with Crippen molar-refractivity contribution in [2.45, 2.75) is 51.3 Å². The van der Waals surface area contributed by atoms with Crippen molar-refractivity contribution in [3.05, 3.63) is 16.4 Å². The number of halogens is 1. The number of hydrazine groups is 1. The summed E-state index contributed by atoms with van der Waals surface area (Å²) in [5, 5.41) is 4.41. The molecule has 1 fully saturated rings. The van der Waals surface area contributed by atoms with E-state index in [1.54, 1.807) is 0 Å². The molecule has 0 bridgehead atoms. The fourth-order valence-corrected chi connectivity index (χ4v) is 3.11. The van der Waals surface area contributed by atoms with Crippen LogP contribution in [0.5, 0.6) is 0 Å². The van der Waals surface area contributed by atoms with E-state index in [0.29, 0.717) is 0 Å². The van der Waals surface area contributed by atoms with Gasteiger partial charge in [0.15, 0.2) is 0 Å². The minimum Gasteiger partial charge on any atom is -0.373 e. The predicted octanol–water partition coefficient (Wildman–Crippen LogP) is 2.30. The third kappa shape index (κ3) is 2.34. The van der Waals surface area contributed by atoms with Gasteiger partial charge in [0.05, 0.1) is 28.0 Å². The maximum absolute atomic E-state index is 5.90. The first-order valence-electron chi connectivity index (χ1n) is 6.32. The second-order valence-electron chi connectivity index (χ2n) is 5.28. The molecule has 2 atom stereocenters. The van der Waals surface area contributed by atoms with Crippen LogP contribution >= 0.6 is 15.9 Å². The Labute approximate surface area is 116 Å². The first-order chi connectivity index (χ1) is 8.49. The molecule has 1 aromatic heterocycles. The molecule has 1 aliphatic rings. The van der Waals surface area contributed by atoms with E-state index in [1.807, 2.05) is 10.9 Å². The van der Waals surface area contributed by atoms with Crippen molar-refractivity contribution in [2.24, 2.45) is 5.84 Å². The van der Waals surface area contributed by atoms with Crippen molar-refractivity contribution >= 4 is 15.9 Å². The lowest BCUT2D eigenvalue weighted by Gasteiger charge is -2.34. The Bertz CT molecular complexity index is 412. The second kappa shape index (κ2) is 5.28. The minimum atomic E-state index is -0.274. The van der Waals surface area contributed by atoms with Crippen LogP contribution in [0.3, 0.4) is 0 Å². The summed E-state index contributed by atoms with van der Waals surface area (Å²) in [4.78, 5) is 0. The number of nitrogens with one attached hydrogen (secondary N) is 1. The van der Waals surface area contributed by atoms with E-state index in [-0.39, 0.29) is 17.7 Å². The lowest BCUT2D eigenvalue weighted by molar-refractivity contribution is -0.0153. The molecule has 6 heteroatoms. The lowest BCUT2D eigenvalue weighted by Crippen LogP contribution is -2.45. The first-order valence-corrected chi connectivity index (χ1v) is 7.12. The van der Waals surface area contributed by atoms with Gasteiger partial charge in [0, 0.05) is 12.6 Å². The Morgan fingerprint density at radius 2 is 2.33 bits per heavy atom. The Morgan fingerprint density at radius 1 is 1.61 bits per heavy atom. The van der Waals surface area contributed by atoms with Gasteiger partial charge < -0.3 is 4.74 Å². The Kier molecular flexibility index (Phi) is 4.11. The van der Waals surface area contributed by atoms with E-state index < -0.39 is 0 Å². The SMILES string of the molecule is CC(C)n1ncc(Br)c1C(NN)C1(C)CCCO1. The summed E-state index contributed by atoms with van der Waals surface area (Å²) in [6, 6.07) is 0.214. The number of nitrogens with zero attached hydrogens (tertiary/aromatic N) is 2. The highest BCUT2D eigenvalue weighted by atomic mass is 79.9. The van der Waals surface area contributed by atoms with E-state index in [0.717, 1.165) is 29.6 Å². The standard InChI is InChI=1S/C12H21BrN4O/c1-8(2)17-10(9(13)7-15-17)11(16-14)12(3)5-4-6-18-12/h7-8,11,16H,4-6,14H2,1-3H3. The van der Waals surface area contributed by atoms with Gasteiger partial charge in [-0.3, -0.25) is 10.5 Å². The number of ether oxygens (including phenoxy) is 1. The molecule has 2 heterocycles. The van der Waals surface area contributed by atoms with Crippen LogP contribution in [0.15, 0.2) is 10.7 Å². The summed E-state index contributed by atoms with van der Waals surface area (Å²) in [5.74, 6) is 5.77. The summed E-state index contributed by atoms with van der Waals surface area (Å²) in [5.41, 5.74) is 3.69. The summed E-state index contributed by atoms with van der Waals surface area (Å²) in [6.07, 6.45) is 3.89. The summed E-state index contributed by atoms with van der Waals surface area (Å²) >= 11 is 3.56. The van der Waals surface area contributed by atoms with Crippen molar-refractivity contribution in [3.63, 3.8) is 0 Å². The zero-order chi connectivity index (χ0) is 13.3. The van der Waals surface area contributed by atoms with Gasteiger partial charge in [0.25, 0.3) is 0 Å². The normalized spacial score (nSPS) is 25.9. The van der Waals surface area contributed by atoms with Crippen LogP contribution in [0.25, 0.3) is 0 Å². The molecule has 0 amide bonds. The number of rotatable bonds is 4. The van der Waals surface area contributed by atoms with Crippen molar-refractivity contribution in [3.8, 4) is 0 Å². The van der Waals surface area contributed by atoms with Gasteiger partial charge in [-0.05, 0) is 49.5 Å². The first kappa shape index (κ1) is 14.0. The van der Waals surface area contributed by atoms with Crippen LogP contribution in [0.1, 0.15) is 51.4 Å². The molecule has 0 aromatic carbocycles. The third-order valence-electron chi connectivity index (χ3n) is 3.58. The van der Waals surface area contributed by atoms with E-state index in [1.165, 1.54) is 0 Å². The lowest BCUT2D eigenvalue weighted by atomic mass is 9.91. The number of hydrogen-bond donors (Lipinski definition) is 2. The highest BCUT2D eigenvalue weighted by Crippen LogP contribution is 2.39. The zero-order valence-corrected chi connectivity index (χ0v) is 12.7. The molecule has 2 rings (SSSR count). The monoisotopic (exact) mass is 316 g/mol. The molecule has 3 N–H and O–H groups in total. The van der Waals surface area contributed by atoms with Gasteiger partial charge in [-0.2, -0.15) is 5.10 Å². The molecular formula is C12H21BrN4O. The molecule has 1 aromatic rings. The van der Waals surface area contributed by atoms with Crippen LogP contribution in [-0.2, 0) is 4.74 Å². The molecule has 2 unspecified atom stereocenters. The average Bonchev–Trinajstić information content (AvgIpc) is 2.89. The van der Waals surface area contributed by atoms with Crippen LogP contribution in [0, 0.1) is 0 Å². The number of hydrogen-bond acceptors (Lipinski definition) is 4. The molecule has 0 spiro atoms. The Morgan fingerprint density at radius 3 is 2.83 bits per heavy atom. The van der Waals surface area contributed by atoms with E-state index in [4.69, 9.17) is 10.6 Å². The predicted molar refractivity (Wildman–Crippen MR) is 74.0 cm³/mol. The van der Waals surface area contributed by atoms with Crippen LogP contribution < -0.4 is 11.3 Å². The highest BCUT2D eigenvalue weighted by Gasteiger charge is 2.41. The summed E-state index contributed by atoms with van der Waals surface area (Å²) in [6.45, 7) is 7.11. The van der Waals surface area contributed by atoms with E-state index >= 15 is 0 Å². The van der Waals surface area contributed by atoms with Gasteiger partial charge >= 0.3 is 0 Å². The highest BCUT2D eigenvalue weighted by molar-refractivity contribution is 9.10. The van der Waals surface area contributed by atoms with Gasteiger partial charge in [0.1, 0.15) is 0 Å². The van der Waals surface area contributed by atoms with Crippen molar-refractivity contribution in [1.82, 2.24) is 15.2 Å². The second-order valence-corrected chi connectivity index (χ2v) is 6.13. The summed E-state index contributed by atoms with van der Waals surface area (Å²) < 4.78 is 8.86. The molecular weight excluding hydrogens is 296 g/mol. The maximum atomic E-state index is 5.90. The van der Waals surface area contributed by atoms with Crippen LogP contribution in [0.2, 0.25) is 0 Å². The molecule has 1 aliphatic heterocycles. The third-order valence-corrected chi connectivity index (χ3v) is 4.19. The van der Waals surface area contributed by atoms with E-state index in [9.17, 15) is 0 Å². The molecule has 18 heavy (non-hydrogen) atoms. The zero-order valence-electron chi connectivity index (χ0n) is 11.1. The van der Waals surface area contributed by atoms with Crippen molar-refractivity contribution in [1.29, 1.82) is 0 Å². The molecule has 0 saturated carbocycles. The molecule has 0 radical (unpaired) electrons. The van der Waals surface area contributed by atoms with Crippen molar-refractivity contribution in [2.75, 3.05) is 6.61 Å². The minimum absolute atomic E-state index is 0.0701. The Hall–Kier alpha value is -0.430. The molecule has 102 valence electrons. The van der Waals surface area contributed by atoms with Gasteiger partial charge in [-0.25, -0.2) is 5.43 Å². The fraction of sp³-hybridized carbons (Fsp3) is 0.750. The quantitative estimate of drug-likeness (QED) is 0.661. The Balaban J connectivity index is 2.41. The molecule has 5 nitrogen and oxygen atoms in total. The summed E-state index contributed by atoms with van der Waals surface area (Å²) in [7, 11) is 0. The smallest absolute Gasteiger partial charge is 0.0927 e. The number of aromatic nitrogens is 2. The van der Waals surface area contributed by atoms with Crippen LogP contribution in [0.4, 0.5) is 0 Å². The molecule has 1 saturated heterocycles. The largest absolute Gasteiger partial charge is 0.373 e.